The monoisotopic (exact) mass is 236 g/mol. The van der Waals surface area contributed by atoms with Crippen molar-refractivity contribution in [2.75, 3.05) is 0 Å². The number of hydrogen-bond donors (Lipinski definition) is 1. The predicted octanol–water partition coefficient (Wildman–Crippen LogP) is 1.95. The van der Waals surface area contributed by atoms with Crippen LogP contribution in [-0.4, -0.2) is 10.2 Å². The normalized spacial score (nSPS) is 10.5. The summed E-state index contributed by atoms with van der Waals surface area (Å²) in [6, 6.07) is 4.89. The number of nitrogens with one attached hydrogen (secondary N) is 1. The van der Waals surface area contributed by atoms with E-state index in [0.717, 1.165) is 6.07 Å². The van der Waals surface area contributed by atoms with E-state index in [-0.39, 0.29) is 17.5 Å². The Morgan fingerprint density at radius 2 is 2.00 bits per heavy atom. The van der Waals surface area contributed by atoms with E-state index < -0.39 is 11.6 Å². The molecule has 2 aromatic rings. The molecule has 0 unspecified atom stereocenters. The molecule has 0 spiro atoms. The number of rotatable bonds is 2. The molecule has 0 atom stereocenters. The zero-order valence-electron chi connectivity index (χ0n) is 9.13. The number of aromatic nitrogens is 2. The second-order valence-corrected chi connectivity index (χ2v) is 3.78. The first-order valence-electron chi connectivity index (χ1n) is 5.05. The molecule has 1 heterocycles. The molecule has 0 fully saturated rings. The van der Waals surface area contributed by atoms with Crippen molar-refractivity contribution in [1.82, 2.24) is 10.2 Å². The third kappa shape index (κ3) is 2.55. The van der Waals surface area contributed by atoms with Crippen LogP contribution in [0.5, 0.6) is 0 Å². The van der Waals surface area contributed by atoms with Crippen molar-refractivity contribution < 1.29 is 8.78 Å². The van der Waals surface area contributed by atoms with E-state index in [9.17, 15) is 13.6 Å². The van der Waals surface area contributed by atoms with Gasteiger partial charge in [0, 0.05) is 18.1 Å². The topological polar surface area (TPSA) is 45.8 Å². The third-order valence-corrected chi connectivity index (χ3v) is 2.40. The number of halogens is 2. The van der Waals surface area contributed by atoms with Crippen LogP contribution in [0.2, 0.25) is 0 Å². The van der Waals surface area contributed by atoms with Crippen LogP contribution in [0.15, 0.2) is 29.1 Å². The van der Waals surface area contributed by atoms with Gasteiger partial charge in [0.05, 0.1) is 5.69 Å². The lowest BCUT2D eigenvalue weighted by Gasteiger charge is -2.03. The van der Waals surface area contributed by atoms with Gasteiger partial charge in [0.2, 0.25) is 0 Å². The summed E-state index contributed by atoms with van der Waals surface area (Å²) in [6.07, 6.45) is 0.116. The van der Waals surface area contributed by atoms with Gasteiger partial charge in [-0.1, -0.05) is 6.07 Å². The first kappa shape index (κ1) is 11.4. The molecule has 5 heteroatoms. The van der Waals surface area contributed by atoms with Gasteiger partial charge in [0.15, 0.2) is 0 Å². The van der Waals surface area contributed by atoms with E-state index in [1.165, 1.54) is 12.1 Å². The van der Waals surface area contributed by atoms with E-state index in [2.05, 4.69) is 10.2 Å². The Morgan fingerprint density at radius 1 is 1.24 bits per heavy atom. The van der Waals surface area contributed by atoms with Crippen LogP contribution < -0.4 is 5.56 Å². The molecule has 0 saturated carbocycles. The fraction of sp³-hybridized carbons (Fsp3) is 0.167. The highest BCUT2D eigenvalue weighted by Crippen LogP contribution is 2.12. The Kier molecular flexibility index (Phi) is 2.99. The van der Waals surface area contributed by atoms with Crippen molar-refractivity contribution in [3.63, 3.8) is 0 Å². The number of H-pyrrole nitrogens is 1. The molecule has 1 N–H and O–H groups in total. The summed E-state index contributed by atoms with van der Waals surface area (Å²) >= 11 is 0. The van der Waals surface area contributed by atoms with Gasteiger partial charge in [-0.3, -0.25) is 4.79 Å². The van der Waals surface area contributed by atoms with E-state index in [1.54, 1.807) is 13.0 Å². The fourth-order valence-corrected chi connectivity index (χ4v) is 1.56. The summed E-state index contributed by atoms with van der Waals surface area (Å²) in [5.41, 5.74) is 0.965. The number of aryl methyl sites for hydroxylation is 1. The van der Waals surface area contributed by atoms with Crippen LogP contribution in [0.3, 0.4) is 0 Å². The summed E-state index contributed by atoms with van der Waals surface area (Å²) in [5.74, 6) is -1.29. The second-order valence-electron chi connectivity index (χ2n) is 3.78. The number of hydrogen-bond acceptors (Lipinski definition) is 2. The molecule has 0 aliphatic heterocycles. The second kappa shape index (κ2) is 4.45. The lowest BCUT2D eigenvalue weighted by Crippen LogP contribution is -2.15. The molecule has 0 bridgehead atoms. The first-order valence-corrected chi connectivity index (χ1v) is 5.05. The summed E-state index contributed by atoms with van der Waals surface area (Å²) in [7, 11) is 0. The summed E-state index contributed by atoms with van der Waals surface area (Å²) < 4.78 is 26.1. The van der Waals surface area contributed by atoms with E-state index in [0.29, 0.717) is 11.3 Å². The van der Waals surface area contributed by atoms with E-state index in [4.69, 9.17) is 0 Å². The minimum atomic E-state index is -0.654. The number of nitrogens with zero attached hydrogens (tertiary/aromatic N) is 1. The predicted molar refractivity (Wildman–Crippen MR) is 58.8 cm³/mol. The highest BCUT2D eigenvalue weighted by molar-refractivity contribution is 5.26. The Balaban J connectivity index is 2.38. The van der Waals surface area contributed by atoms with Gasteiger partial charge < -0.3 is 0 Å². The smallest absolute Gasteiger partial charge is 0.267 e. The lowest BCUT2D eigenvalue weighted by molar-refractivity contribution is 0.574. The zero-order valence-corrected chi connectivity index (χ0v) is 9.13. The number of aromatic amines is 1. The van der Waals surface area contributed by atoms with Crippen molar-refractivity contribution in [1.29, 1.82) is 0 Å². The molecule has 0 saturated heterocycles. The van der Waals surface area contributed by atoms with Gasteiger partial charge in [-0.2, -0.15) is 5.10 Å². The molecule has 1 aromatic heterocycles. The highest BCUT2D eigenvalue weighted by atomic mass is 19.1. The maximum Gasteiger partial charge on any atom is 0.267 e. The van der Waals surface area contributed by atoms with Crippen LogP contribution in [0, 0.1) is 18.6 Å². The van der Waals surface area contributed by atoms with Crippen molar-refractivity contribution in [2.45, 2.75) is 13.3 Å². The molecule has 3 nitrogen and oxygen atoms in total. The number of benzene rings is 1. The minimum absolute atomic E-state index is 0.116. The largest absolute Gasteiger partial charge is 0.268 e. The van der Waals surface area contributed by atoms with Crippen molar-refractivity contribution >= 4 is 0 Å². The summed E-state index contributed by atoms with van der Waals surface area (Å²) in [6.45, 7) is 1.72. The van der Waals surface area contributed by atoms with Gasteiger partial charge in [0.25, 0.3) is 5.56 Å². The Morgan fingerprint density at radius 3 is 2.71 bits per heavy atom. The lowest BCUT2D eigenvalue weighted by atomic mass is 10.1. The molecule has 2 rings (SSSR count). The molecule has 0 radical (unpaired) electrons. The zero-order chi connectivity index (χ0) is 12.4. The highest BCUT2D eigenvalue weighted by Gasteiger charge is 2.08. The molecule has 0 amide bonds. The summed E-state index contributed by atoms with van der Waals surface area (Å²) in [5, 5.41) is 6.04. The molecule has 1 aromatic carbocycles. The molecule has 88 valence electrons. The van der Waals surface area contributed by atoms with Gasteiger partial charge in [-0.15, -0.1) is 0 Å². The van der Waals surface area contributed by atoms with Gasteiger partial charge in [0.1, 0.15) is 11.6 Å². The first-order chi connectivity index (χ1) is 8.06. The summed E-state index contributed by atoms with van der Waals surface area (Å²) in [4.78, 5) is 11.4. The van der Waals surface area contributed by atoms with Crippen LogP contribution in [0.1, 0.15) is 16.8 Å². The maximum atomic E-state index is 13.4. The third-order valence-electron chi connectivity index (χ3n) is 2.40. The van der Waals surface area contributed by atoms with Crippen molar-refractivity contribution in [3.05, 3.63) is 63.1 Å². The van der Waals surface area contributed by atoms with E-state index in [1.807, 2.05) is 0 Å². The fourth-order valence-electron chi connectivity index (χ4n) is 1.56. The molecule has 0 aliphatic carbocycles. The van der Waals surface area contributed by atoms with Gasteiger partial charge in [-0.25, -0.2) is 13.9 Å². The van der Waals surface area contributed by atoms with Crippen LogP contribution >= 0.6 is 0 Å². The van der Waals surface area contributed by atoms with E-state index >= 15 is 0 Å². The van der Waals surface area contributed by atoms with Crippen LogP contribution in [-0.2, 0) is 6.42 Å². The standard InChI is InChI=1S/C12H10F2N2O/c1-7-4-9(12(17)16-15-7)5-8-2-3-10(13)6-11(8)14/h2-4,6H,5H2,1H3,(H,16,17). The SMILES string of the molecule is Cc1cc(Cc2ccc(F)cc2F)c(=O)[nH]n1. The van der Waals surface area contributed by atoms with Gasteiger partial charge >= 0.3 is 0 Å². The quantitative estimate of drug-likeness (QED) is 0.866. The van der Waals surface area contributed by atoms with Crippen LogP contribution in [0.25, 0.3) is 0 Å². The molecule has 17 heavy (non-hydrogen) atoms. The van der Waals surface area contributed by atoms with Crippen LogP contribution in [0.4, 0.5) is 8.78 Å². The van der Waals surface area contributed by atoms with Crippen molar-refractivity contribution in [2.24, 2.45) is 0 Å². The Labute approximate surface area is 96.1 Å². The minimum Gasteiger partial charge on any atom is -0.268 e. The Bertz CT molecular complexity index is 608. The molecular formula is C12H10F2N2O. The molecular weight excluding hydrogens is 226 g/mol. The Hall–Kier alpha value is -2.04. The maximum absolute atomic E-state index is 13.4. The van der Waals surface area contributed by atoms with Crippen molar-refractivity contribution in [3.8, 4) is 0 Å². The average Bonchev–Trinajstić information content (AvgIpc) is 2.27. The van der Waals surface area contributed by atoms with Gasteiger partial charge in [-0.05, 0) is 24.6 Å². The average molecular weight is 236 g/mol. The molecule has 0 aliphatic rings.